The van der Waals surface area contributed by atoms with Crippen LogP contribution in [0.1, 0.15) is 0 Å². The van der Waals surface area contributed by atoms with Gasteiger partial charge in [0.05, 0.1) is 11.6 Å². The second-order valence-electron chi connectivity index (χ2n) is 3.40. The molecular formula is C9H10ClN3O4S. The van der Waals surface area contributed by atoms with Crippen molar-refractivity contribution in [3.63, 3.8) is 0 Å². The molecule has 9 heteroatoms. The Morgan fingerprint density at radius 1 is 1.39 bits per heavy atom. The Morgan fingerprint density at radius 2 is 2.11 bits per heavy atom. The number of nitrogens with one attached hydrogen (secondary N) is 1. The Balaban J connectivity index is 2.41. The lowest BCUT2D eigenvalue weighted by molar-refractivity contribution is 0.204. The van der Waals surface area contributed by atoms with Gasteiger partial charge in [0, 0.05) is 13.7 Å². The van der Waals surface area contributed by atoms with Crippen LogP contribution in [0.3, 0.4) is 0 Å². The number of rotatable bonds is 5. The largest absolute Gasteiger partial charge is 0.383 e. The summed E-state index contributed by atoms with van der Waals surface area (Å²) in [5.41, 5.74) is 0.318. The number of nitrogens with zero attached hydrogens (tertiary/aromatic N) is 2. The monoisotopic (exact) mass is 291 g/mol. The lowest BCUT2D eigenvalue weighted by Gasteiger charge is -2.06. The first-order valence-corrected chi connectivity index (χ1v) is 6.82. The van der Waals surface area contributed by atoms with E-state index in [1.807, 2.05) is 0 Å². The molecule has 0 atom stereocenters. The number of benzene rings is 1. The highest BCUT2D eigenvalue weighted by molar-refractivity contribution is 7.89. The molecule has 2 aromatic rings. The van der Waals surface area contributed by atoms with Gasteiger partial charge in [-0.2, -0.15) is 0 Å². The molecule has 0 fully saturated rings. The van der Waals surface area contributed by atoms with Crippen LogP contribution in [0.2, 0.25) is 5.02 Å². The van der Waals surface area contributed by atoms with Crippen LogP contribution < -0.4 is 4.72 Å². The summed E-state index contributed by atoms with van der Waals surface area (Å²) >= 11 is 5.85. The Labute approximate surface area is 108 Å². The van der Waals surface area contributed by atoms with Gasteiger partial charge in [0.2, 0.25) is 10.0 Å². The number of sulfonamides is 1. The molecule has 1 heterocycles. The highest BCUT2D eigenvalue weighted by atomic mass is 35.5. The molecule has 7 nitrogen and oxygen atoms in total. The quantitative estimate of drug-likeness (QED) is 0.819. The van der Waals surface area contributed by atoms with E-state index in [-0.39, 0.29) is 34.1 Å². The molecule has 0 aliphatic carbocycles. The molecule has 1 N–H and O–H groups in total. The highest BCUT2D eigenvalue weighted by Gasteiger charge is 2.21. The molecule has 0 unspecified atom stereocenters. The fourth-order valence-electron chi connectivity index (χ4n) is 1.39. The predicted octanol–water partition coefficient (Wildman–Crippen LogP) is 0.801. The van der Waals surface area contributed by atoms with Crippen LogP contribution in [0, 0.1) is 0 Å². The molecule has 98 valence electrons. The van der Waals surface area contributed by atoms with Gasteiger partial charge < -0.3 is 4.74 Å². The van der Waals surface area contributed by atoms with Crippen molar-refractivity contribution >= 4 is 32.7 Å². The van der Waals surface area contributed by atoms with Gasteiger partial charge in [-0.25, -0.2) is 17.8 Å². The molecule has 0 saturated carbocycles. The zero-order valence-electron chi connectivity index (χ0n) is 9.38. The second kappa shape index (κ2) is 5.19. The van der Waals surface area contributed by atoms with E-state index in [9.17, 15) is 8.42 Å². The maximum absolute atomic E-state index is 12.0. The molecule has 0 aliphatic heterocycles. The van der Waals surface area contributed by atoms with Gasteiger partial charge in [-0.15, -0.1) is 0 Å². The fourth-order valence-corrected chi connectivity index (χ4v) is 2.72. The minimum absolute atomic E-state index is 0.0285. The molecule has 1 aromatic heterocycles. The normalized spacial score (nSPS) is 12.1. The molecule has 0 bridgehead atoms. The van der Waals surface area contributed by atoms with Crippen LogP contribution in [0.25, 0.3) is 11.0 Å². The molecular weight excluding hydrogens is 282 g/mol. The van der Waals surface area contributed by atoms with E-state index in [2.05, 4.69) is 19.7 Å². The van der Waals surface area contributed by atoms with E-state index in [0.29, 0.717) is 0 Å². The third-order valence-electron chi connectivity index (χ3n) is 2.22. The van der Waals surface area contributed by atoms with Gasteiger partial charge in [0.15, 0.2) is 11.0 Å². The molecule has 0 saturated heterocycles. The van der Waals surface area contributed by atoms with E-state index in [1.165, 1.54) is 19.2 Å². The molecule has 0 spiro atoms. The van der Waals surface area contributed by atoms with Gasteiger partial charge in [-0.05, 0) is 22.4 Å². The van der Waals surface area contributed by atoms with E-state index in [1.54, 1.807) is 0 Å². The first-order valence-electron chi connectivity index (χ1n) is 4.95. The summed E-state index contributed by atoms with van der Waals surface area (Å²) in [6.45, 7) is 0.432. The van der Waals surface area contributed by atoms with Gasteiger partial charge in [0.1, 0.15) is 4.90 Å². The molecule has 0 radical (unpaired) electrons. The predicted molar refractivity (Wildman–Crippen MR) is 63.9 cm³/mol. The number of aromatic nitrogens is 2. The minimum Gasteiger partial charge on any atom is -0.383 e. The third kappa shape index (κ3) is 2.46. The van der Waals surface area contributed by atoms with Crippen LogP contribution in [-0.2, 0) is 14.8 Å². The van der Waals surface area contributed by atoms with Gasteiger partial charge >= 0.3 is 0 Å². The van der Waals surface area contributed by atoms with E-state index < -0.39 is 10.0 Å². The number of methoxy groups -OCH3 is 1. The molecule has 18 heavy (non-hydrogen) atoms. The zero-order valence-corrected chi connectivity index (χ0v) is 11.0. The molecule has 0 amide bonds. The van der Waals surface area contributed by atoms with Crippen LogP contribution in [-0.4, -0.2) is 39.0 Å². The number of halogens is 1. The summed E-state index contributed by atoms with van der Waals surface area (Å²) in [5, 5.41) is 7.39. The zero-order chi connectivity index (χ0) is 13.2. The highest BCUT2D eigenvalue weighted by Crippen LogP contribution is 2.26. The number of hydrogen-bond acceptors (Lipinski definition) is 6. The first kappa shape index (κ1) is 13.2. The average molecular weight is 292 g/mol. The first-order chi connectivity index (χ1) is 8.56. The average Bonchev–Trinajstić information content (AvgIpc) is 2.79. The minimum atomic E-state index is -3.70. The molecule has 2 rings (SSSR count). The van der Waals surface area contributed by atoms with Crippen molar-refractivity contribution in [2.24, 2.45) is 0 Å². The molecule has 1 aromatic carbocycles. The van der Waals surface area contributed by atoms with Crippen molar-refractivity contribution in [2.75, 3.05) is 20.3 Å². The second-order valence-corrected chi connectivity index (χ2v) is 5.54. The number of fused-ring (bicyclic) bond motifs is 1. The summed E-state index contributed by atoms with van der Waals surface area (Å²) in [4.78, 5) is -0.0285. The summed E-state index contributed by atoms with van der Waals surface area (Å²) < 4.78 is 35.7. The number of hydrogen-bond donors (Lipinski definition) is 1. The van der Waals surface area contributed by atoms with Crippen molar-refractivity contribution < 1.29 is 17.8 Å². The van der Waals surface area contributed by atoms with Crippen molar-refractivity contribution in [1.82, 2.24) is 15.0 Å². The Bertz CT molecular complexity index is 655. The smallest absolute Gasteiger partial charge is 0.243 e. The van der Waals surface area contributed by atoms with Crippen molar-refractivity contribution in [1.29, 1.82) is 0 Å². The van der Waals surface area contributed by atoms with Gasteiger partial charge in [-0.3, -0.25) is 0 Å². The lowest BCUT2D eigenvalue weighted by atomic mass is 10.3. The van der Waals surface area contributed by atoms with Crippen molar-refractivity contribution in [3.8, 4) is 0 Å². The van der Waals surface area contributed by atoms with Gasteiger partial charge in [-0.1, -0.05) is 11.6 Å². The van der Waals surface area contributed by atoms with E-state index in [4.69, 9.17) is 16.3 Å². The topological polar surface area (TPSA) is 94.3 Å². The maximum Gasteiger partial charge on any atom is 0.243 e. The summed E-state index contributed by atoms with van der Waals surface area (Å²) in [7, 11) is -2.21. The van der Waals surface area contributed by atoms with Crippen LogP contribution >= 0.6 is 11.6 Å². The third-order valence-corrected chi connectivity index (χ3v) is 4.01. The van der Waals surface area contributed by atoms with Crippen LogP contribution in [0.5, 0.6) is 0 Å². The Hall–Kier alpha value is -1.22. The van der Waals surface area contributed by atoms with Crippen molar-refractivity contribution in [3.05, 3.63) is 17.2 Å². The van der Waals surface area contributed by atoms with Crippen LogP contribution in [0.15, 0.2) is 21.7 Å². The standard InChI is InChI=1S/C9H10ClN3O4S/c1-16-5-4-11-18(14,15)7-3-2-6(10)8-9(7)13-17-12-8/h2-3,11H,4-5H2,1H3. The summed E-state index contributed by atoms with van der Waals surface area (Å²) in [6, 6.07) is 2.78. The summed E-state index contributed by atoms with van der Waals surface area (Å²) in [5.74, 6) is 0. The fraction of sp³-hybridized carbons (Fsp3) is 0.333. The summed E-state index contributed by atoms with van der Waals surface area (Å²) in [6.07, 6.45) is 0. The molecule has 0 aliphatic rings. The van der Waals surface area contributed by atoms with Crippen LogP contribution in [0.4, 0.5) is 0 Å². The SMILES string of the molecule is COCCNS(=O)(=O)c1ccc(Cl)c2nonc12. The Morgan fingerprint density at radius 3 is 2.83 bits per heavy atom. The van der Waals surface area contributed by atoms with Gasteiger partial charge in [0.25, 0.3) is 0 Å². The lowest BCUT2D eigenvalue weighted by Crippen LogP contribution is -2.27. The van der Waals surface area contributed by atoms with Crippen molar-refractivity contribution in [2.45, 2.75) is 4.90 Å². The Kier molecular flexibility index (Phi) is 3.81. The maximum atomic E-state index is 12.0. The van der Waals surface area contributed by atoms with E-state index >= 15 is 0 Å². The number of ether oxygens (including phenoxy) is 1. The van der Waals surface area contributed by atoms with E-state index in [0.717, 1.165) is 0 Å².